The smallest absolute Gasteiger partial charge is 0.219 e. The number of aromatic amines is 1. The zero-order chi connectivity index (χ0) is 15.6. The average molecular weight is 324 g/mol. The van der Waals surface area contributed by atoms with E-state index < -0.39 is 15.8 Å². The summed E-state index contributed by atoms with van der Waals surface area (Å²) in [7, 11) is -3.63. The molecule has 22 heavy (non-hydrogen) atoms. The van der Waals surface area contributed by atoms with Gasteiger partial charge in [-0.1, -0.05) is 24.6 Å². The molecule has 3 rings (SSSR count). The molecule has 0 amide bonds. The fourth-order valence-corrected chi connectivity index (χ4v) is 4.57. The highest BCUT2D eigenvalue weighted by Gasteiger charge is 2.35. The van der Waals surface area contributed by atoms with Crippen molar-refractivity contribution in [1.29, 1.82) is 0 Å². The predicted molar refractivity (Wildman–Crippen MR) is 78.7 cm³/mol. The third kappa shape index (κ3) is 3.02. The molecule has 8 heteroatoms. The molecule has 1 aromatic carbocycles. The van der Waals surface area contributed by atoms with Crippen molar-refractivity contribution in [2.45, 2.75) is 31.1 Å². The fourth-order valence-electron chi connectivity index (χ4n) is 2.78. The first kappa shape index (κ1) is 15.1. The lowest BCUT2D eigenvalue weighted by atomic mass is 10.0. The van der Waals surface area contributed by atoms with Crippen LogP contribution >= 0.6 is 0 Å². The third-order valence-electron chi connectivity index (χ3n) is 3.86. The quantitative estimate of drug-likeness (QED) is 0.933. The molecule has 1 N–H and O–H groups in total. The first-order valence-corrected chi connectivity index (χ1v) is 8.77. The van der Waals surface area contributed by atoms with Gasteiger partial charge in [0, 0.05) is 12.1 Å². The van der Waals surface area contributed by atoms with E-state index in [1.807, 2.05) is 0 Å². The van der Waals surface area contributed by atoms with Crippen LogP contribution in [0.2, 0.25) is 0 Å². The molecule has 0 radical (unpaired) electrons. The molecule has 6 nitrogen and oxygen atoms in total. The van der Waals surface area contributed by atoms with Crippen LogP contribution in [0.3, 0.4) is 0 Å². The Balaban J connectivity index is 1.88. The first-order valence-electron chi connectivity index (χ1n) is 7.16. The lowest BCUT2D eigenvalue weighted by Crippen LogP contribution is -2.39. The van der Waals surface area contributed by atoms with Crippen molar-refractivity contribution in [3.8, 4) is 0 Å². The van der Waals surface area contributed by atoms with E-state index in [0.717, 1.165) is 12.8 Å². The van der Waals surface area contributed by atoms with Crippen molar-refractivity contribution in [3.63, 3.8) is 0 Å². The van der Waals surface area contributed by atoms with Crippen LogP contribution in [-0.4, -0.2) is 34.4 Å². The van der Waals surface area contributed by atoms with Gasteiger partial charge in [0.25, 0.3) is 0 Å². The van der Waals surface area contributed by atoms with Crippen LogP contribution in [0.25, 0.3) is 0 Å². The Morgan fingerprint density at radius 2 is 2.14 bits per heavy atom. The summed E-state index contributed by atoms with van der Waals surface area (Å²) in [6, 6.07) is 5.60. The number of aromatic nitrogens is 3. The number of hydrogen-bond acceptors (Lipinski definition) is 4. The van der Waals surface area contributed by atoms with Crippen LogP contribution in [0.4, 0.5) is 4.39 Å². The summed E-state index contributed by atoms with van der Waals surface area (Å²) in [5, 5.41) is 6.54. The summed E-state index contributed by atoms with van der Waals surface area (Å²) >= 11 is 0. The van der Waals surface area contributed by atoms with Gasteiger partial charge in [0.15, 0.2) is 0 Å². The van der Waals surface area contributed by atoms with Crippen molar-refractivity contribution in [1.82, 2.24) is 19.5 Å². The van der Waals surface area contributed by atoms with Crippen LogP contribution in [0.15, 0.2) is 30.6 Å². The van der Waals surface area contributed by atoms with Crippen molar-refractivity contribution >= 4 is 10.0 Å². The molecule has 1 aromatic heterocycles. The number of sulfonamides is 1. The number of piperidine rings is 1. The molecular formula is C14H17FN4O2S. The van der Waals surface area contributed by atoms with E-state index in [1.165, 1.54) is 22.8 Å². The summed E-state index contributed by atoms with van der Waals surface area (Å²) in [6.07, 6.45) is 3.77. The largest absolute Gasteiger partial charge is 0.262 e. The monoisotopic (exact) mass is 324 g/mol. The highest BCUT2D eigenvalue weighted by molar-refractivity contribution is 7.88. The molecular weight excluding hydrogens is 307 g/mol. The van der Waals surface area contributed by atoms with E-state index in [9.17, 15) is 12.8 Å². The molecule has 0 aliphatic carbocycles. The highest BCUT2D eigenvalue weighted by Crippen LogP contribution is 2.32. The summed E-state index contributed by atoms with van der Waals surface area (Å²) in [5.41, 5.74) is 0.185. The van der Waals surface area contributed by atoms with Gasteiger partial charge in [-0.25, -0.2) is 17.8 Å². The lowest BCUT2D eigenvalue weighted by Gasteiger charge is -2.33. The molecule has 2 heterocycles. The van der Waals surface area contributed by atoms with E-state index in [2.05, 4.69) is 15.2 Å². The summed E-state index contributed by atoms with van der Waals surface area (Å²) in [4.78, 5) is 4.08. The maximum absolute atomic E-state index is 13.7. The second-order valence-electron chi connectivity index (χ2n) is 5.34. The first-order chi connectivity index (χ1) is 10.6. The Morgan fingerprint density at radius 1 is 1.32 bits per heavy atom. The SMILES string of the molecule is O=S(=O)(Cc1ccccc1F)N1CCCC[C@H]1c1ncn[nH]1. The van der Waals surface area contributed by atoms with Crippen LogP contribution in [0.5, 0.6) is 0 Å². The Kier molecular flexibility index (Phi) is 4.21. The second kappa shape index (κ2) is 6.13. The van der Waals surface area contributed by atoms with E-state index in [-0.39, 0.29) is 17.4 Å². The molecule has 2 aromatic rings. The van der Waals surface area contributed by atoms with E-state index in [0.29, 0.717) is 18.8 Å². The van der Waals surface area contributed by atoms with Crippen molar-refractivity contribution in [2.24, 2.45) is 0 Å². The molecule has 1 saturated heterocycles. The Labute approximate surface area is 128 Å². The number of H-pyrrole nitrogens is 1. The molecule has 1 fully saturated rings. The average Bonchev–Trinajstić information content (AvgIpc) is 3.04. The van der Waals surface area contributed by atoms with E-state index in [1.54, 1.807) is 12.1 Å². The molecule has 1 atom stereocenters. The minimum Gasteiger partial charge on any atom is -0.262 e. The molecule has 118 valence electrons. The van der Waals surface area contributed by atoms with Crippen molar-refractivity contribution in [3.05, 3.63) is 47.8 Å². The number of hydrogen-bond donors (Lipinski definition) is 1. The lowest BCUT2D eigenvalue weighted by molar-refractivity contribution is 0.246. The van der Waals surface area contributed by atoms with Gasteiger partial charge in [-0.05, 0) is 18.9 Å². The maximum Gasteiger partial charge on any atom is 0.219 e. The summed E-state index contributed by atoms with van der Waals surface area (Å²) in [5.74, 6) is -0.305. The molecule has 0 unspecified atom stereocenters. The molecule has 1 aliphatic rings. The Morgan fingerprint density at radius 3 is 2.86 bits per heavy atom. The fraction of sp³-hybridized carbons (Fsp3) is 0.429. The molecule has 0 bridgehead atoms. The van der Waals surface area contributed by atoms with Crippen LogP contribution < -0.4 is 0 Å². The number of nitrogens with one attached hydrogen (secondary N) is 1. The zero-order valence-electron chi connectivity index (χ0n) is 11.9. The number of nitrogens with zero attached hydrogens (tertiary/aromatic N) is 3. The standard InChI is InChI=1S/C14H17FN4O2S/c15-12-6-2-1-5-11(12)9-22(20,21)19-8-4-3-7-13(19)14-16-10-17-18-14/h1-2,5-6,10,13H,3-4,7-9H2,(H,16,17,18)/t13-/m0/s1. The van der Waals surface area contributed by atoms with Crippen LogP contribution in [0.1, 0.15) is 36.7 Å². The third-order valence-corrected chi connectivity index (χ3v) is 5.68. The van der Waals surface area contributed by atoms with Gasteiger partial charge in [0.1, 0.15) is 18.0 Å². The van der Waals surface area contributed by atoms with Gasteiger partial charge in [-0.3, -0.25) is 5.10 Å². The van der Waals surface area contributed by atoms with E-state index in [4.69, 9.17) is 0 Å². The summed E-state index contributed by atoms with van der Waals surface area (Å²) < 4.78 is 40.6. The van der Waals surface area contributed by atoms with Crippen LogP contribution in [-0.2, 0) is 15.8 Å². The minimum atomic E-state index is -3.63. The number of benzene rings is 1. The van der Waals surface area contributed by atoms with Gasteiger partial charge in [0.05, 0.1) is 11.8 Å². The molecule has 0 saturated carbocycles. The van der Waals surface area contributed by atoms with Crippen LogP contribution in [0, 0.1) is 5.82 Å². The molecule has 0 spiro atoms. The second-order valence-corrected chi connectivity index (χ2v) is 7.26. The van der Waals surface area contributed by atoms with Gasteiger partial charge in [0.2, 0.25) is 10.0 Å². The summed E-state index contributed by atoms with van der Waals surface area (Å²) in [6.45, 7) is 0.419. The van der Waals surface area contributed by atoms with Crippen molar-refractivity contribution < 1.29 is 12.8 Å². The maximum atomic E-state index is 13.7. The number of rotatable bonds is 4. The predicted octanol–water partition coefficient (Wildman–Crippen LogP) is 2.00. The van der Waals surface area contributed by atoms with E-state index >= 15 is 0 Å². The van der Waals surface area contributed by atoms with Gasteiger partial charge < -0.3 is 0 Å². The van der Waals surface area contributed by atoms with Gasteiger partial charge in [-0.15, -0.1) is 0 Å². The Hall–Kier alpha value is -1.80. The van der Waals surface area contributed by atoms with Crippen molar-refractivity contribution in [2.75, 3.05) is 6.54 Å². The Bertz CT molecular complexity index is 733. The zero-order valence-corrected chi connectivity index (χ0v) is 12.8. The number of halogens is 1. The van der Waals surface area contributed by atoms with Gasteiger partial charge in [-0.2, -0.15) is 9.40 Å². The van der Waals surface area contributed by atoms with Gasteiger partial charge >= 0.3 is 0 Å². The highest BCUT2D eigenvalue weighted by atomic mass is 32.2. The minimum absolute atomic E-state index is 0.185. The molecule has 1 aliphatic heterocycles. The normalized spacial score (nSPS) is 20.1. The topological polar surface area (TPSA) is 79.0 Å².